The van der Waals surface area contributed by atoms with Crippen LogP contribution in [-0.4, -0.2) is 11.1 Å². The van der Waals surface area contributed by atoms with Gasteiger partial charge in [0.2, 0.25) is 0 Å². The third kappa shape index (κ3) is 2.91. The zero-order valence-corrected chi connectivity index (χ0v) is 10.6. The summed E-state index contributed by atoms with van der Waals surface area (Å²) in [5.74, 6) is -0.583. The number of ether oxygens (including phenoxy) is 1. The number of carboxylic acids is 1. The molecule has 88 valence electrons. The van der Waals surface area contributed by atoms with Crippen LogP contribution in [0.3, 0.4) is 0 Å². The topological polar surface area (TPSA) is 46.5 Å². The Morgan fingerprint density at radius 3 is 2.65 bits per heavy atom. The summed E-state index contributed by atoms with van der Waals surface area (Å²) in [7, 11) is 0. The Morgan fingerprint density at radius 1 is 1.24 bits per heavy atom. The van der Waals surface area contributed by atoms with Crippen molar-refractivity contribution < 1.29 is 14.6 Å². The Morgan fingerprint density at radius 2 is 2.00 bits per heavy atom. The molecule has 0 aliphatic rings. The van der Waals surface area contributed by atoms with Gasteiger partial charge in [0.1, 0.15) is 10.6 Å². The third-order valence-electron chi connectivity index (χ3n) is 1.90. The van der Waals surface area contributed by atoms with Crippen LogP contribution in [0.15, 0.2) is 30.3 Å². The minimum Gasteiger partial charge on any atom is -0.477 e. The molecule has 0 fully saturated rings. The van der Waals surface area contributed by atoms with Crippen LogP contribution in [0.2, 0.25) is 10.0 Å². The molecule has 6 heteroatoms. The molecular weight excluding hydrogens is 283 g/mol. The number of hydrogen-bond acceptors (Lipinski definition) is 3. The van der Waals surface area contributed by atoms with Gasteiger partial charge in [0, 0.05) is 11.1 Å². The molecule has 0 aliphatic heterocycles. The van der Waals surface area contributed by atoms with E-state index in [1.807, 2.05) is 0 Å². The van der Waals surface area contributed by atoms with Crippen molar-refractivity contribution in [3.05, 3.63) is 45.3 Å². The number of aromatic carboxylic acids is 1. The normalized spacial score (nSPS) is 10.2. The van der Waals surface area contributed by atoms with Crippen LogP contribution in [0.1, 0.15) is 9.67 Å². The van der Waals surface area contributed by atoms with Gasteiger partial charge in [-0.05, 0) is 24.3 Å². The van der Waals surface area contributed by atoms with Crippen molar-refractivity contribution in [2.75, 3.05) is 0 Å². The van der Waals surface area contributed by atoms with Crippen LogP contribution in [-0.2, 0) is 0 Å². The third-order valence-corrected chi connectivity index (χ3v) is 3.39. The second-order valence-corrected chi connectivity index (χ2v) is 4.99. The molecule has 1 heterocycles. The average molecular weight is 289 g/mol. The van der Waals surface area contributed by atoms with Crippen LogP contribution in [0.5, 0.6) is 10.8 Å². The lowest BCUT2D eigenvalue weighted by atomic mass is 10.3. The van der Waals surface area contributed by atoms with Gasteiger partial charge in [0.15, 0.2) is 5.06 Å². The Hall–Kier alpha value is -1.23. The van der Waals surface area contributed by atoms with Crippen LogP contribution >= 0.6 is 34.5 Å². The summed E-state index contributed by atoms with van der Waals surface area (Å²) in [5, 5.41) is 10.1. The first-order valence-electron chi connectivity index (χ1n) is 4.52. The molecule has 1 aromatic carbocycles. The van der Waals surface area contributed by atoms with Crippen LogP contribution in [0.25, 0.3) is 0 Å². The van der Waals surface area contributed by atoms with Gasteiger partial charge in [-0.1, -0.05) is 34.5 Å². The van der Waals surface area contributed by atoms with Gasteiger partial charge in [-0.25, -0.2) is 4.79 Å². The highest BCUT2D eigenvalue weighted by Gasteiger charge is 2.10. The fraction of sp³-hybridized carbons (Fsp3) is 0. The maximum Gasteiger partial charge on any atom is 0.345 e. The van der Waals surface area contributed by atoms with E-state index in [1.165, 1.54) is 6.07 Å². The van der Waals surface area contributed by atoms with E-state index in [-0.39, 0.29) is 4.88 Å². The lowest BCUT2D eigenvalue weighted by molar-refractivity contribution is 0.0702. The van der Waals surface area contributed by atoms with Crippen molar-refractivity contribution in [3.8, 4) is 10.8 Å². The first-order chi connectivity index (χ1) is 8.06. The van der Waals surface area contributed by atoms with E-state index in [0.29, 0.717) is 20.9 Å². The van der Waals surface area contributed by atoms with Gasteiger partial charge >= 0.3 is 5.97 Å². The molecule has 0 unspecified atom stereocenters. The summed E-state index contributed by atoms with van der Waals surface area (Å²) >= 11 is 12.8. The SMILES string of the molecule is O=C(O)c1ccc(Oc2cc(Cl)ccc2Cl)s1. The maximum atomic E-state index is 10.7. The molecule has 2 rings (SSSR count). The molecule has 17 heavy (non-hydrogen) atoms. The molecular formula is C11H6Cl2O3S. The molecule has 0 amide bonds. The van der Waals surface area contributed by atoms with Gasteiger partial charge in [0.25, 0.3) is 0 Å². The summed E-state index contributed by atoms with van der Waals surface area (Å²) in [5.41, 5.74) is 0. The first kappa shape index (κ1) is 12.2. The molecule has 2 aromatic rings. The molecule has 0 aliphatic carbocycles. The Balaban J connectivity index is 2.25. The number of benzene rings is 1. The van der Waals surface area contributed by atoms with Crippen LogP contribution in [0, 0.1) is 0 Å². The fourth-order valence-corrected chi connectivity index (χ4v) is 2.18. The number of halogens is 2. The number of carbonyl (C=O) groups is 1. The Labute approximate surface area is 111 Å². The smallest absolute Gasteiger partial charge is 0.345 e. The number of carboxylic acid groups (broad SMARTS) is 1. The molecule has 1 aromatic heterocycles. The molecule has 0 radical (unpaired) electrons. The lowest BCUT2D eigenvalue weighted by Gasteiger charge is -2.04. The highest BCUT2D eigenvalue weighted by Crippen LogP contribution is 2.35. The van der Waals surface area contributed by atoms with Crippen molar-refractivity contribution >= 4 is 40.5 Å². The monoisotopic (exact) mass is 288 g/mol. The summed E-state index contributed by atoms with van der Waals surface area (Å²) in [6.45, 7) is 0. The second-order valence-electron chi connectivity index (χ2n) is 3.10. The molecule has 0 saturated heterocycles. The van der Waals surface area contributed by atoms with Gasteiger partial charge < -0.3 is 9.84 Å². The second kappa shape index (κ2) is 4.96. The zero-order valence-electron chi connectivity index (χ0n) is 8.31. The van der Waals surface area contributed by atoms with Gasteiger partial charge in [-0.3, -0.25) is 0 Å². The standard InChI is InChI=1S/C11H6Cl2O3S/c12-6-1-2-7(13)8(5-6)16-10-4-3-9(17-10)11(14)15/h1-5H,(H,14,15). The van der Waals surface area contributed by atoms with Crippen LogP contribution < -0.4 is 4.74 Å². The molecule has 0 atom stereocenters. The number of thiophene rings is 1. The quantitative estimate of drug-likeness (QED) is 0.901. The minimum atomic E-state index is -0.984. The van der Waals surface area contributed by atoms with E-state index in [0.717, 1.165) is 11.3 Å². The van der Waals surface area contributed by atoms with Crippen molar-refractivity contribution in [1.29, 1.82) is 0 Å². The summed E-state index contributed by atoms with van der Waals surface area (Å²) in [6, 6.07) is 7.88. The number of rotatable bonds is 3. The van der Waals surface area contributed by atoms with Crippen LogP contribution in [0.4, 0.5) is 0 Å². The minimum absolute atomic E-state index is 0.207. The average Bonchev–Trinajstić information content (AvgIpc) is 2.72. The maximum absolute atomic E-state index is 10.7. The zero-order chi connectivity index (χ0) is 12.4. The molecule has 0 saturated carbocycles. The Bertz CT molecular complexity index is 566. The summed E-state index contributed by atoms with van der Waals surface area (Å²) in [4.78, 5) is 10.9. The first-order valence-corrected chi connectivity index (χ1v) is 6.09. The van der Waals surface area contributed by atoms with Gasteiger partial charge in [-0.15, -0.1) is 0 Å². The van der Waals surface area contributed by atoms with E-state index in [2.05, 4.69) is 0 Å². The van der Waals surface area contributed by atoms with Crippen molar-refractivity contribution in [3.63, 3.8) is 0 Å². The van der Waals surface area contributed by atoms with Crippen molar-refractivity contribution in [2.24, 2.45) is 0 Å². The van der Waals surface area contributed by atoms with E-state index < -0.39 is 5.97 Å². The predicted octanol–water partition coefficient (Wildman–Crippen LogP) is 4.55. The van der Waals surface area contributed by atoms with E-state index in [4.69, 9.17) is 33.0 Å². The highest BCUT2D eigenvalue weighted by molar-refractivity contribution is 7.15. The van der Waals surface area contributed by atoms with E-state index >= 15 is 0 Å². The predicted molar refractivity (Wildman–Crippen MR) is 67.8 cm³/mol. The molecule has 1 N–H and O–H groups in total. The lowest BCUT2D eigenvalue weighted by Crippen LogP contribution is -1.89. The molecule has 0 spiro atoms. The van der Waals surface area contributed by atoms with E-state index in [9.17, 15) is 4.79 Å². The van der Waals surface area contributed by atoms with Crippen molar-refractivity contribution in [2.45, 2.75) is 0 Å². The number of hydrogen-bond donors (Lipinski definition) is 1. The van der Waals surface area contributed by atoms with Gasteiger partial charge in [0.05, 0.1) is 5.02 Å². The largest absolute Gasteiger partial charge is 0.477 e. The summed E-state index contributed by atoms with van der Waals surface area (Å²) < 4.78 is 5.46. The van der Waals surface area contributed by atoms with Crippen molar-refractivity contribution in [1.82, 2.24) is 0 Å². The Kier molecular flexibility index (Phi) is 3.57. The fourth-order valence-electron chi connectivity index (χ4n) is 1.15. The van der Waals surface area contributed by atoms with Gasteiger partial charge in [-0.2, -0.15) is 0 Å². The summed E-state index contributed by atoms with van der Waals surface area (Å²) in [6.07, 6.45) is 0. The highest BCUT2D eigenvalue weighted by atomic mass is 35.5. The molecule has 0 bridgehead atoms. The van der Waals surface area contributed by atoms with E-state index in [1.54, 1.807) is 24.3 Å². The molecule has 3 nitrogen and oxygen atoms in total.